The number of aryl methyl sites for hydroxylation is 1. The molecule has 102 valence electrons. The van der Waals surface area contributed by atoms with Gasteiger partial charge in [0.1, 0.15) is 0 Å². The molecule has 0 fully saturated rings. The van der Waals surface area contributed by atoms with Crippen LogP contribution in [0.3, 0.4) is 0 Å². The molecule has 2 aromatic carbocycles. The summed E-state index contributed by atoms with van der Waals surface area (Å²) in [6.45, 7) is 1.98. The molecule has 0 saturated carbocycles. The topological polar surface area (TPSA) is 41.1 Å². The van der Waals surface area contributed by atoms with Crippen LogP contribution in [0.5, 0.6) is 0 Å². The zero-order valence-electron chi connectivity index (χ0n) is 10.8. The molecule has 2 aromatic rings. The third-order valence-corrected chi connectivity index (χ3v) is 3.88. The number of amides is 1. The second-order valence-electron chi connectivity index (χ2n) is 4.20. The molecule has 0 aliphatic heterocycles. The van der Waals surface area contributed by atoms with Crippen LogP contribution in [0.25, 0.3) is 0 Å². The van der Waals surface area contributed by atoms with Crippen LogP contribution in [0.1, 0.15) is 15.9 Å². The van der Waals surface area contributed by atoms with Gasteiger partial charge in [0.2, 0.25) is 0 Å². The van der Waals surface area contributed by atoms with E-state index in [2.05, 4.69) is 33.2 Å². The molecule has 0 aliphatic carbocycles. The van der Waals surface area contributed by atoms with E-state index in [4.69, 9.17) is 12.2 Å². The van der Waals surface area contributed by atoms with Crippen LogP contribution in [0, 0.1) is 10.5 Å². The number of thiocarbonyl (C=S) groups is 1. The fourth-order valence-electron chi connectivity index (χ4n) is 1.68. The van der Waals surface area contributed by atoms with E-state index in [1.165, 1.54) is 0 Å². The Morgan fingerprint density at radius 1 is 1.10 bits per heavy atom. The summed E-state index contributed by atoms with van der Waals surface area (Å²) in [5.74, 6) is -0.207. The zero-order chi connectivity index (χ0) is 14.5. The Hall–Kier alpha value is -1.47. The fraction of sp³-hybridized carbons (Fsp3) is 0.0667. The predicted octanol–water partition coefficient (Wildman–Crippen LogP) is 3.73. The summed E-state index contributed by atoms with van der Waals surface area (Å²) in [4.78, 5) is 12.1. The van der Waals surface area contributed by atoms with Gasteiger partial charge in [-0.15, -0.1) is 0 Å². The molecule has 2 rings (SSSR count). The van der Waals surface area contributed by atoms with E-state index >= 15 is 0 Å². The van der Waals surface area contributed by atoms with Crippen LogP contribution in [0.4, 0.5) is 5.69 Å². The summed E-state index contributed by atoms with van der Waals surface area (Å²) in [5.41, 5.74) is 2.57. The Morgan fingerprint density at radius 2 is 1.75 bits per heavy atom. The third-order valence-electron chi connectivity index (χ3n) is 2.74. The molecule has 0 unspecified atom stereocenters. The Morgan fingerprint density at radius 3 is 2.45 bits per heavy atom. The van der Waals surface area contributed by atoms with Crippen molar-refractivity contribution in [2.75, 3.05) is 5.32 Å². The second kappa shape index (κ2) is 6.81. The van der Waals surface area contributed by atoms with Crippen molar-refractivity contribution in [3.63, 3.8) is 0 Å². The molecule has 0 heterocycles. The largest absolute Gasteiger partial charge is 0.332 e. The first kappa shape index (κ1) is 14.9. The van der Waals surface area contributed by atoms with Crippen molar-refractivity contribution >= 4 is 51.5 Å². The van der Waals surface area contributed by atoms with E-state index in [0.29, 0.717) is 10.7 Å². The molecular weight excluding hydrogens is 383 g/mol. The third kappa shape index (κ3) is 3.77. The average Bonchev–Trinajstić information content (AvgIpc) is 2.41. The Kier molecular flexibility index (Phi) is 5.08. The molecule has 20 heavy (non-hydrogen) atoms. The maximum Gasteiger partial charge on any atom is 0.258 e. The van der Waals surface area contributed by atoms with Gasteiger partial charge in [0, 0.05) is 9.26 Å². The molecule has 0 aromatic heterocycles. The summed E-state index contributed by atoms with van der Waals surface area (Å²) < 4.78 is 0.890. The molecule has 0 spiro atoms. The van der Waals surface area contributed by atoms with Crippen molar-refractivity contribution in [3.8, 4) is 0 Å². The highest BCUT2D eigenvalue weighted by Gasteiger charge is 2.11. The summed E-state index contributed by atoms with van der Waals surface area (Å²) >= 11 is 7.30. The molecule has 2 N–H and O–H groups in total. The number of hydrogen-bond donors (Lipinski definition) is 2. The first-order chi connectivity index (χ1) is 9.58. The van der Waals surface area contributed by atoms with Gasteiger partial charge in [-0.2, -0.15) is 0 Å². The maximum absolute atomic E-state index is 12.1. The molecule has 0 aliphatic rings. The lowest BCUT2D eigenvalue weighted by atomic mass is 10.2. The van der Waals surface area contributed by atoms with E-state index in [0.717, 1.165) is 14.8 Å². The van der Waals surface area contributed by atoms with E-state index in [1.54, 1.807) is 6.07 Å². The fourth-order valence-corrected chi connectivity index (χ4v) is 2.52. The Labute approximate surface area is 136 Å². The number of rotatable bonds is 2. The van der Waals surface area contributed by atoms with Crippen molar-refractivity contribution < 1.29 is 4.79 Å². The van der Waals surface area contributed by atoms with E-state index in [9.17, 15) is 4.79 Å². The quantitative estimate of drug-likeness (QED) is 0.601. The highest BCUT2D eigenvalue weighted by molar-refractivity contribution is 14.1. The lowest BCUT2D eigenvalue weighted by Gasteiger charge is -2.12. The Bertz CT molecular complexity index is 658. The summed E-state index contributed by atoms with van der Waals surface area (Å²) in [5, 5.41) is 6.01. The monoisotopic (exact) mass is 396 g/mol. The van der Waals surface area contributed by atoms with Crippen molar-refractivity contribution in [2.24, 2.45) is 0 Å². The highest BCUT2D eigenvalue weighted by atomic mass is 127. The van der Waals surface area contributed by atoms with Gasteiger partial charge in [-0.05, 0) is 65.5 Å². The average molecular weight is 396 g/mol. The smallest absolute Gasteiger partial charge is 0.258 e. The molecule has 1 amide bonds. The van der Waals surface area contributed by atoms with Gasteiger partial charge in [0.15, 0.2) is 5.11 Å². The van der Waals surface area contributed by atoms with Crippen LogP contribution < -0.4 is 10.6 Å². The highest BCUT2D eigenvalue weighted by Crippen LogP contribution is 2.14. The number of benzene rings is 2. The molecular formula is C15H13IN2OS. The molecule has 0 saturated heterocycles. The maximum atomic E-state index is 12.1. The van der Waals surface area contributed by atoms with Crippen molar-refractivity contribution in [1.29, 1.82) is 0 Å². The minimum absolute atomic E-state index is 0.207. The van der Waals surface area contributed by atoms with Gasteiger partial charge in [-0.1, -0.05) is 30.3 Å². The number of anilines is 1. The van der Waals surface area contributed by atoms with Crippen LogP contribution in [-0.4, -0.2) is 11.0 Å². The minimum atomic E-state index is -0.207. The zero-order valence-corrected chi connectivity index (χ0v) is 13.8. The SMILES string of the molecule is Cc1ccccc1NC(=S)NC(=O)c1ccccc1I. The normalized spacial score (nSPS) is 9.90. The van der Waals surface area contributed by atoms with E-state index in [-0.39, 0.29) is 5.91 Å². The van der Waals surface area contributed by atoms with E-state index < -0.39 is 0 Å². The first-order valence-corrected chi connectivity index (χ1v) is 7.49. The van der Waals surface area contributed by atoms with Gasteiger partial charge >= 0.3 is 0 Å². The van der Waals surface area contributed by atoms with Gasteiger partial charge in [0.05, 0.1) is 5.56 Å². The number of hydrogen-bond acceptors (Lipinski definition) is 2. The standard InChI is InChI=1S/C15H13IN2OS/c1-10-6-2-5-9-13(10)17-15(20)18-14(19)11-7-3-4-8-12(11)16/h2-9H,1H3,(H2,17,18,19,20). The number of nitrogens with one attached hydrogen (secondary N) is 2. The number of para-hydroxylation sites is 1. The molecule has 0 atom stereocenters. The molecule has 0 radical (unpaired) electrons. The first-order valence-electron chi connectivity index (χ1n) is 6.00. The predicted molar refractivity (Wildman–Crippen MR) is 94.0 cm³/mol. The Balaban J connectivity index is 2.04. The van der Waals surface area contributed by atoms with E-state index in [1.807, 2.05) is 49.4 Å². The van der Waals surface area contributed by atoms with Crippen LogP contribution >= 0.6 is 34.8 Å². The minimum Gasteiger partial charge on any atom is -0.332 e. The van der Waals surface area contributed by atoms with Gasteiger partial charge in [0.25, 0.3) is 5.91 Å². The lowest BCUT2D eigenvalue weighted by Crippen LogP contribution is -2.34. The van der Waals surface area contributed by atoms with Crippen LogP contribution in [-0.2, 0) is 0 Å². The lowest BCUT2D eigenvalue weighted by molar-refractivity contribution is 0.0977. The van der Waals surface area contributed by atoms with Crippen LogP contribution in [0.15, 0.2) is 48.5 Å². The number of halogens is 1. The number of carbonyl (C=O) groups is 1. The summed E-state index contributed by atoms with van der Waals surface area (Å²) in [7, 11) is 0. The van der Waals surface area contributed by atoms with Crippen molar-refractivity contribution in [1.82, 2.24) is 5.32 Å². The van der Waals surface area contributed by atoms with Gasteiger partial charge in [-0.3, -0.25) is 10.1 Å². The van der Waals surface area contributed by atoms with Crippen molar-refractivity contribution in [3.05, 3.63) is 63.2 Å². The molecule has 0 bridgehead atoms. The van der Waals surface area contributed by atoms with Crippen molar-refractivity contribution in [2.45, 2.75) is 6.92 Å². The molecule has 5 heteroatoms. The van der Waals surface area contributed by atoms with Gasteiger partial charge in [-0.25, -0.2) is 0 Å². The van der Waals surface area contributed by atoms with Crippen LogP contribution in [0.2, 0.25) is 0 Å². The van der Waals surface area contributed by atoms with Gasteiger partial charge < -0.3 is 5.32 Å². The second-order valence-corrected chi connectivity index (χ2v) is 5.77. The molecule has 3 nitrogen and oxygen atoms in total. The summed E-state index contributed by atoms with van der Waals surface area (Å²) in [6.07, 6.45) is 0. The summed E-state index contributed by atoms with van der Waals surface area (Å²) in [6, 6.07) is 15.1. The number of carbonyl (C=O) groups excluding carboxylic acids is 1.